The highest BCUT2D eigenvalue weighted by Gasteiger charge is 2.43. The molecule has 0 fully saturated rings. The van der Waals surface area contributed by atoms with E-state index in [0.717, 1.165) is 5.84 Å². The van der Waals surface area contributed by atoms with Gasteiger partial charge in [-0.2, -0.15) is 0 Å². The number of nitrogens with zero attached hydrogens (tertiary/aromatic N) is 2. The lowest BCUT2D eigenvalue weighted by Gasteiger charge is -2.34. The Morgan fingerprint density at radius 3 is 1.91 bits per heavy atom. The van der Waals surface area contributed by atoms with Crippen LogP contribution in [0.4, 0.5) is 0 Å². The van der Waals surface area contributed by atoms with Gasteiger partial charge >= 0.3 is 0 Å². The summed E-state index contributed by atoms with van der Waals surface area (Å²) in [5.41, 5.74) is 1.64. The summed E-state index contributed by atoms with van der Waals surface area (Å²) in [4.78, 5) is 10.2. The molecule has 0 spiro atoms. The predicted molar refractivity (Wildman–Crippen MR) is 100 cm³/mol. The molecule has 0 saturated heterocycles. The third kappa shape index (κ3) is 4.43. The minimum Gasteiger partial charge on any atom is -0.260 e. The first-order chi connectivity index (χ1) is 9.95. The fraction of sp³-hybridized carbons (Fsp3) is 0.900. The molecule has 1 heterocycles. The van der Waals surface area contributed by atoms with Crippen molar-refractivity contribution in [3.63, 3.8) is 0 Å². The van der Waals surface area contributed by atoms with Gasteiger partial charge in [-0.3, -0.25) is 4.99 Å². The van der Waals surface area contributed by atoms with Gasteiger partial charge in [-0.1, -0.05) is 81.6 Å². The second kappa shape index (κ2) is 6.84. The highest BCUT2D eigenvalue weighted by molar-refractivity contribution is 6.10. The number of hydrogen-bond acceptors (Lipinski definition) is 2. The molecule has 1 aliphatic heterocycles. The lowest BCUT2D eigenvalue weighted by atomic mass is 9.72. The van der Waals surface area contributed by atoms with Gasteiger partial charge in [0.25, 0.3) is 0 Å². The van der Waals surface area contributed by atoms with Gasteiger partial charge in [0.2, 0.25) is 0 Å². The number of aliphatic imine (C=N–C) groups is 2. The Hall–Kier alpha value is -0.660. The molecule has 0 aromatic rings. The second-order valence-electron chi connectivity index (χ2n) is 9.33. The van der Waals surface area contributed by atoms with Crippen molar-refractivity contribution in [3.05, 3.63) is 0 Å². The summed E-state index contributed by atoms with van der Waals surface area (Å²) in [6.45, 7) is 20.7. The molecule has 22 heavy (non-hydrogen) atoms. The van der Waals surface area contributed by atoms with Gasteiger partial charge in [0.05, 0.1) is 11.8 Å². The van der Waals surface area contributed by atoms with Gasteiger partial charge in [-0.05, 0) is 18.3 Å². The van der Waals surface area contributed by atoms with Crippen LogP contribution in [-0.2, 0) is 0 Å². The summed E-state index contributed by atoms with van der Waals surface area (Å²) in [6, 6.07) is 0.239. The van der Waals surface area contributed by atoms with Gasteiger partial charge < -0.3 is 0 Å². The van der Waals surface area contributed by atoms with Crippen LogP contribution in [0.2, 0.25) is 0 Å². The molecule has 0 radical (unpaired) electrons. The van der Waals surface area contributed by atoms with Crippen molar-refractivity contribution >= 4 is 11.5 Å². The molecule has 0 N–H and O–H groups in total. The molecule has 1 atom stereocenters. The predicted octanol–water partition coefficient (Wildman–Crippen LogP) is 6.30. The Balaban J connectivity index is 3.18. The van der Waals surface area contributed by atoms with Gasteiger partial charge in [-0.25, -0.2) is 4.99 Å². The lowest BCUT2D eigenvalue weighted by molar-refractivity contribution is 0.300. The van der Waals surface area contributed by atoms with E-state index in [1.807, 2.05) is 0 Å². The summed E-state index contributed by atoms with van der Waals surface area (Å²) in [5, 5.41) is 0. The van der Waals surface area contributed by atoms with Gasteiger partial charge in [-0.15, -0.1) is 0 Å². The maximum absolute atomic E-state index is 5.16. The minimum atomic E-state index is 0.0851. The molecular weight excluding hydrogens is 268 g/mol. The van der Waals surface area contributed by atoms with E-state index in [1.54, 1.807) is 0 Å². The molecule has 0 aliphatic carbocycles. The van der Waals surface area contributed by atoms with Crippen molar-refractivity contribution in [2.24, 2.45) is 26.2 Å². The number of rotatable bonds is 7. The van der Waals surface area contributed by atoms with Crippen molar-refractivity contribution in [2.45, 2.75) is 100 Å². The van der Waals surface area contributed by atoms with E-state index in [9.17, 15) is 0 Å². The first-order valence-corrected chi connectivity index (χ1v) is 9.13. The number of unbranched alkanes of at least 4 members (excludes halogenated alkanes) is 1. The molecule has 1 unspecified atom stereocenters. The number of amidine groups is 1. The summed E-state index contributed by atoms with van der Waals surface area (Å²) in [7, 11) is 0. The van der Waals surface area contributed by atoms with Crippen molar-refractivity contribution < 1.29 is 0 Å². The molecule has 0 bridgehead atoms. The smallest absolute Gasteiger partial charge is 0.129 e. The van der Waals surface area contributed by atoms with Crippen LogP contribution in [0, 0.1) is 16.2 Å². The van der Waals surface area contributed by atoms with Crippen molar-refractivity contribution in [2.75, 3.05) is 0 Å². The molecule has 1 rings (SSSR count). The summed E-state index contributed by atoms with van der Waals surface area (Å²) in [6.07, 6.45) is 6.04. The average Bonchev–Trinajstić information content (AvgIpc) is 2.82. The van der Waals surface area contributed by atoms with Gasteiger partial charge in [0, 0.05) is 10.8 Å². The molecule has 1 aliphatic rings. The van der Waals surface area contributed by atoms with E-state index in [1.165, 1.54) is 37.8 Å². The monoisotopic (exact) mass is 306 g/mol. The molecule has 0 saturated carbocycles. The van der Waals surface area contributed by atoms with E-state index in [2.05, 4.69) is 62.3 Å². The van der Waals surface area contributed by atoms with E-state index in [-0.39, 0.29) is 22.3 Å². The fourth-order valence-corrected chi connectivity index (χ4v) is 3.35. The third-order valence-electron chi connectivity index (χ3n) is 4.90. The SMILES string of the molecule is CCCCC(C)(C)C1=NC(C(C)(C)CCC)C(C(C)(C)C)=N1. The Labute approximate surface area is 138 Å². The normalized spacial score (nSPS) is 20.1. The first-order valence-electron chi connectivity index (χ1n) is 9.13. The van der Waals surface area contributed by atoms with E-state index in [4.69, 9.17) is 9.98 Å². The lowest BCUT2D eigenvalue weighted by Crippen LogP contribution is -2.39. The molecule has 128 valence electrons. The van der Waals surface area contributed by atoms with Crippen LogP contribution in [0.1, 0.15) is 94.4 Å². The van der Waals surface area contributed by atoms with Crippen LogP contribution < -0.4 is 0 Å². The molecule has 2 heteroatoms. The van der Waals surface area contributed by atoms with Gasteiger partial charge in [0.15, 0.2) is 0 Å². The van der Waals surface area contributed by atoms with Crippen LogP contribution in [0.3, 0.4) is 0 Å². The van der Waals surface area contributed by atoms with Crippen LogP contribution in [0.5, 0.6) is 0 Å². The maximum atomic E-state index is 5.16. The second-order valence-corrected chi connectivity index (χ2v) is 9.33. The summed E-state index contributed by atoms with van der Waals surface area (Å²) in [5.74, 6) is 1.08. The van der Waals surface area contributed by atoms with Crippen LogP contribution >= 0.6 is 0 Å². The first kappa shape index (κ1) is 19.4. The summed E-state index contributed by atoms with van der Waals surface area (Å²) < 4.78 is 0. The van der Waals surface area contributed by atoms with E-state index < -0.39 is 0 Å². The highest BCUT2D eigenvalue weighted by Crippen LogP contribution is 2.40. The fourth-order valence-electron chi connectivity index (χ4n) is 3.35. The standard InChI is InChI=1S/C20H38N2/c1-10-12-14-20(8,9)17-21-15(18(3,4)5)16(22-17)19(6,7)13-11-2/h16H,10-14H2,1-9H3. The Bertz CT molecular complexity index is 433. The highest BCUT2D eigenvalue weighted by atomic mass is 15.1. The van der Waals surface area contributed by atoms with Crippen LogP contribution in [0.15, 0.2) is 9.98 Å². The molecular formula is C20H38N2. The van der Waals surface area contributed by atoms with Crippen LogP contribution in [0.25, 0.3) is 0 Å². The van der Waals surface area contributed by atoms with Crippen molar-refractivity contribution in [1.29, 1.82) is 0 Å². The Morgan fingerprint density at radius 2 is 1.45 bits per heavy atom. The van der Waals surface area contributed by atoms with Crippen molar-refractivity contribution in [1.82, 2.24) is 0 Å². The molecule has 0 aromatic heterocycles. The average molecular weight is 307 g/mol. The largest absolute Gasteiger partial charge is 0.260 e. The zero-order valence-electron chi connectivity index (χ0n) is 16.5. The van der Waals surface area contributed by atoms with Crippen LogP contribution in [-0.4, -0.2) is 17.6 Å². The zero-order valence-corrected chi connectivity index (χ0v) is 16.5. The van der Waals surface area contributed by atoms with E-state index in [0.29, 0.717) is 0 Å². The Kier molecular flexibility index (Phi) is 6.03. The maximum Gasteiger partial charge on any atom is 0.129 e. The summed E-state index contributed by atoms with van der Waals surface area (Å²) >= 11 is 0. The molecule has 0 amide bonds. The molecule has 2 nitrogen and oxygen atoms in total. The quantitative estimate of drug-likeness (QED) is 0.527. The van der Waals surface area contributed by atoms with Crippen molar-refractivity contribution in [3.8, 4) is 0 Å². The minimum absolute atomic E-state index is 0.0851. The third-order valence-corrected chi connectivity index (χ3v) is 4.90. The number of hydrogen-bond donors (Lipinski definition) is 0. The van der Waals surface area contributed by atoms with Gasteiger partial charge in [0.1, 0.15) is 5.84 Å². The van der Waals surface area contributed by atoms with E-state index >= 15 is 0 Å². The topological polar surface area (TPSA) is 24.7 Å². The molecule has 0 aromatic carbocycles. The zero-order chi connectivity index (χ0) is 17.2. The Morgan fingerprint density at radius 1 is 0.864 bits per heavy atom.